The van der Waals surface area contributed by atoms with Crippen LogP contribution in [0.4, 0.5) is 0 Å². The first-order valence-electron chi connectivity index (χ1n) is 8.45. The maximum absolute atomic E-state index is 11.7. The number of aryl methyl sites for hydroxylation is 1. The zero-order chi connectivity index (χ0) is 18.5. The lowest BCUT2D eigenvalue weighted by Gasteiger charge is -2.12. The van der Waals surface area contributed by atoms with E-state index in [1.54, 1.807) is 13.0 Å². The van der Waals surface area contributed by atoms with Gasteiger partial charge in [0.15, 0.2) is 12.0 Å². The first-order valence-corrected chi connectivity index (χ1v) is 8.45. The van der Waals surface area contributed by atoms with E-state index in [9.17, 15) is 9.59 Å². The third-order valence-corrected chi connectivity index (χ3v) is 4.00. The van der Waals surface area contributed by atoms with Gasteiger partial charge in [-0.05, 0) is 49.2 Å². The Hall–Kier alpha value is -3.08. The number of rotatable bonds is 7. The SMILES string of the molecule is CCOC(=O)Cc1ccccc1OCc1cc(C)c2oc(C=O)cc2c1. The molecule has 134 valence electrons. The molecule has 26 heavy (non-hydrogen) atoms. The number of para-hydroxylation sites is 1. The molecule has 0 saturated heterocycles. The van der Waals surface area contributed by atoms with Gasteiger partial charge in [0.05, 0.1) is 13.0 Å². The number of carbonyl (C=O) groups excluding carboxylic acids is 2. The molecule has 0 bridgehead atoms. The summed E-state index contributed by atoms with van der Waals surface area (Å²) in [6.45, 7) is 4.41. The van der Waals surface area contributed by atoms with Gasteiger partial charge >= 0.3 is 5.97 Å². The zero-order valence-corrected chi connectivity index (χ0v) is 14.8. The smallest absolute Gasteiger partial charge is 0.310 e. The maximum atomic E-state index is 11.7. The summed E-state index contributed by atoms with van der Waals surface area (Å²) >= 11 is 0. The number of carbonyl (C=O) groups is 2. The van der Waals surface area contributed by atoms with E-state index in [-0.39, 0.29) is 12.4 Å². The molecule has 0 aliphatic rings. The number of hydrogen-bond donors (Lipinski definition) is 0. The van der Waals surface area contributed by atoms with Crippen molar-refractivity contribution in [2.75, 3.05) is 6.61 Å². The van der Waals surface area contributed by atoms with Crippen molar-refractivity contribution in [2.24, 2.45) is 0 Å². The van der Waals surface area contributed by atoms with E-state index in [0.717, 1.165) is 22.1 Å². The lowest BCUT2D eigenvalue weighted by atomic mass is 10.1. The Balaban J connectivity index is 1.78. The fraction of sp³-hybridized carbons (Fsp3) is 0.238. The van der Waals surface area contributed by atoms with Crippen LogP contribution in [0.2, 0.25) is 0 Å². The molecule has 0 N–H and O–H groups in total. The summed E-state index contributed by atoms with van der Waals surface area (Å²) in [7, 11) is 0. The van der Waals surface area contributed by atoms with Crippen molar-refractivity contribution in [3.63, 3.8) is 0 Å². The molecule has 1 aromatic heterocycles. The Bertz CT molecular complexity index is 939. The summed E-state index contributed by atoms with van der Waals surface area (Å²) in [4.78, 5) is 22.6. The van der Waals surface area contributed by atoms with Crippen LogP contribution in [0.3, 0.4) is 0 Å². The molecule has 0 aliphatic heterocycles. The van der Waals surface area contributed by atoms with Crippen LogP contribution < -0.4 is 4.74 Å². The Morgan fingerprint density at radius 1 is 1.19 bits per heavy atom. The molecule has 0 aliphatic carbocycles. The topological polar surface area (TPSA) is 65.7 Å². The number of esters is 1. The zero-order valence-electron chi connectivity index (χ0n) is 14.8. The highest BCUT2D eigenvalue weighted by Gasteiger charge is 2.11. The molecule has 5 nitrogen and oxygen atoms in total. The molecule has 2 aromatic carbocycles. The number of furan rings is 1. The van der Waals surface area contributed by atoms with Crippen molar-refractivity contribution >= 4 is 23.2 Å². The van der Waals surface area contributed by atoms with Crippen LogP contribution >= 0.6 is 0 Å². The van der Waals surface area contributed by atoms with Crippen molar-refractivity contribution in [1.29, 1.82) is 0 Å². The summed E-state index contributed by atoms with van der Waals surface area (Å²) in [6, 6.07) is 13.0. The fourth-order valence-corrected chi connectivity index (χ4v) is 2.89. The highest BCUT2D eigenvalue weighted by molar-refractivity contribution is 5.87. The van der Waals surface area contributed by atoms with E-state index in [4.69, 9.17) is 13.9 Å². The van der Waals surface area contributed by atoms with Crippen LogP contribution in [0.25, 0.3) is 11.0 Å². The van der Waals surface area contributed by atoms with Crippen molar-refractivity contribution in [1.82, 2.24) is 0 Å². The van der Waals surface area contributed by atoms with Gasteiger partial charge in [0.2, 0.25) is 0 Å². The Kier molecular flexibility index (Phi) is 5.37. The summed E-state index contributed by atoms with van der Waals surface area (Å²) in [5.74, 6) is 0.681. The van der Waals surface area contributed by atoms with E-state index in [0.29, 0.717) is 36.6 Å². The number of ether oxygens (including phenoxy) is 2. The molecule has 0 saturated carbocycles. The second-order valence-electron chi connectivity index (χ2n) is 5.98. The monoisotopic (exact) mass is 352 g/mol. The molecular weight excluding hydrogens is 332 g/mol. The molecule has 1 heterocycles. The van der Waals surface area contributed by atoms with E-state index >= 15 is 0 Å². The number of benzene rings is 2. The normalized spacial score (nSPS) is 10.7. The van der Waals surface area contributed by atoms with Crippen LogP contribution in [0.1, 0.15) is 34.2 Å². The predicted molar refractivity (Wildman–Crippen MR) is 97.4 cm³/mol. The molecule has 3 aromatic rings. The lowest BCUT2D eigenvalue weighted by Crippen LogP contribution is -2.09. The van der Waals surface area contributed by atoms with Gasteiger partial charge in [-0.3, -0.25) is 9.59 Å². The average Bonchev–Trinajstić information content (AvgIpc) is 3.05. The number of hydrogen-bond acceptors (Lipinski definition) is 5. The molecule has 0 amide bonds. The third-order valence-electron chi connectivity index (χ3n) is 4.00. The second-order valence-corrected chi connectivity index (χ2v) is 5.98. The van der Waals surface area contributed by atoms with Crippen molar-refractivity contribution < 1.29 is 23.5 Å². The summed E-state index contributed by atoms with van der Waals surface area (Å²) in [5, 5.41) is 0.866. The van der Waals surface area contributed by atoms with Crippen LogP contribution in [-0.4, -0.2) is 18.9 Å². The third kappa shape index (κ3) is 3.94. The first kappa shape index (κ1) is 17.7. The van der Waals surface area contributed by atoms with Gasteiger partial charge in [0, 0.05) is 10.9 Å². The average molecular weight is 352 g/mol. The van der Waals surface area contributed by atoms with Gasteiger partial charge in [0.1, 0.15) is 17.9 Å². The summed E-state index contributed by atoms with van der Waals surface area (Å²) in [6.07, 6.45) is 0.869. The van der Waals surface area contributed by atoms with Crippen molar-refractivity contribution in [3.8, 4) is 5.75 Å². The highest BCUT2D eigenvalue weighted by atomic mass is 16.5. The lowest BCUT2D eigenvalue weighted by molar-refractivity contribution is -0.142. The van der Waals surface area contributed by atoms with E-state index in [1.807, 2.05) is 43.3 Å². The first-order chi connectivity index (χ1) is 12.6. The summed E-state index contributed by atoms with van der Waals surface area (Å²) < 4.78 is 16.4. The Morgan fingerprint density at radius 2 is 2.00 bits per heavy atom. The van der Waals surface area contributed by atoms with Gasteiger partial charge in [-0.1, -0.05) is 18.2 Å². The molecule has 0 spiro atoms. The summed E-state index contributed by atoms with van der Waals surface area (Å²) in [5.41, 5.74) is 3.39. The molecule has 0 unspecified atom stereocenters. The fourth-order valence-electron chi connectivity index (χ4n) is 2.89. The van der Waals surface area contributed by atoms with Crippen LogP contribution in [0, 0.1) is 6.92 Å². The minimum absolute atomic E-state index is 0.173. The minimum atomic E-state index is -0.277. The van der Waals surface area contributed by atoms with E-state index in [1.165, 1.54) is 0 Å². The number of aldehydes is 1. The minimum Gasteiger partial charge on any atom is -0.489 e. The predicted octanol–water partition coefficient (Wildman–Crippen LogP) is 4.24. The van der Waals surface area contributed by atoms with Crippen LogP contribution in [0.15, 0.2) is 46.9 Å². The second kappa shape index (κ2) is 7.87. The van der Waals surface area contributed by atoms with Gasteiger partial charge < -0.3 is 13.9 Å². The molecule has 0 atom stereocenters. The molecule has 0 radical (unpaired) electrons. The van der Waals surface area contributed by atoms with Crippen LogP contribution in [-0.2, 0) is 22.6 Å². The Morgan fingerprint density at radius 3 is 2.77 bits per heavy atom. The van der Waals surface area contributed by atoms with Gasteiger partial charge in [-0.2, -0.15) is 0 Å². The standard InChI is InChI=1S/C21H20O5/c1-3-24-20(23)11-16-6-4-5-7-19(16)25-13-15-8-14(2)21-17(9-15)10-18(12-22)26-21/h4-10,12H,3,11,13H2,1-2H3. The quantitative estimate of drug-likeness (QED) is 0.470. The molecule has 3 rings (SSSR count). The van der Waals surface area contributed by atoms with Crippen LogP contribution in [0.5, 0.6) is 5.75 Å². The van der Waals surface area contributed by atoms with Gasteiger partial charge in [-0.25, -0.2) is 0 Å². The van der Waals surface area contributed by atoms with Crippen molar-refractivity contribution in [2.45, 2.75) is 26.9 Å². The van der Waals surface area contributed by atoms with Gasteiger partial charge in [-0.15, -0.1) is 0 Å². The molecular formula is C21H20O5. The Labute approximate surface area is 151 Å². The van der Waals surface area contributed by atoms with E-state index < -0.39 is 0 Å². The number of fused-ring (bicyclic) bond motifs is 1. The molecule has 0 fully saturated rings. The maximum Gasteiger partial charge on any atom is 0.310 e. The highest BCUT2D eigenvalue weighted by Crippen LogP contribution is 2.26. The largest absolute Gasteiger partial charge is 0.489 e. The van der Waals surface area contributed by atoms with E-state index in [2.05, 4.69) is 0 Å². The van der Waals surface area contributed by atoms with Crippen molar-refractivity contribution in [3.05, 3.63) is 64.9 Å². The van der Waals surface area contributed by atoms with Gasteiger partial charge in [0.25, 0.3) is 0 Å². The molecule has 5 heteroatoms.